The van der Waals surface area contributed by atoms with Crippen LogP contribution in [0.4, 0.5) is 0 Å². The normalized spacial score (nSPS) is 12.1. The Kier molecular flexibility index (Phi) is 6.67. The zero-order valence-electron chi connectivity index (χ0n) is 13.7. The minimum Gasteiger partial charge on any atom is -0.0622 e. The van der Waals surface area contributed by atoms with Crippen LogP contribution in [-0.2, 0) is 0 Å². The fourth-order valence-corrected chi connectivity index (χ4v) is 2.43. The third kappa shape index (κ3) is 10.4. The van der Waals surface area contributed by atoms with E-state index in [1.807, 2.05) is 6.07 Å². The van der Waals surface area contributed by atoms with Crippen LogP contribution in [0.1, 0.15) is 73.3 Å². The molecular weight excluding hydrogens is 216 g/mol. The third-order valence-corrected chi connectivity index (χ3v) is 2.53. The molecule has 0 bridgehead atoms. The highest BCUT2D eigenvalue weighted by Crippen LogP contribution is 2.31. The van der Waals surface area contributed by atoms with Crippen molar-refractivity contribution >= 4 is 0 Å². The first-order valence-corrected chi connectivity index (χ1v) is 7.06. The number of hydrogen-bond acceptors (Lipinski definition) is 0. The largest absolute Gasteiger partial charge is 0.0622 e. The van der Waals surface area contributed by atoms with Gasteiger partial charge in [0, 0.05) is 0 Å². The van der Waals surface area contributed by atoms with E-state index >= 15 is 0 Å². The van der Waals surface area contributed by atoms with Crippen LogP contribution in [0.3, 0.4) is 0 Å². The van der Waals surface area contributed by atoms with Crippen LogP contribution in [-0.4, -0.2) is 0 Å². The molecule has 18 heavy (non-hydrogen) atoms. The highest BCUT2D eigenvalue weighted by Gasteiger charge is 2.20. The van der Waals surface area contributed by atoms with Crippen molar-refractivity contribution in [3.63, 3.8) is 0 Å². The molecule has 0 unspecified atom stereocenters. The zero-order valence-corrected chi connectivity index (χ0v) is 13.7. The molecule has 1 aromatic carbocycles. The molecule has 0 saturated heterocycles. The van der Waals surface area contributed by atoms with Gasteiger partial charge in [0.15, 0.2) is 0 Å². The molecule has 0 aliphatic carbocycles. The van der Waals surface area contributed by atoms with Crippen molar-refractivity contribution in [1.82, 2.24) is 0 Å². The fraction of sp³-hybridized carbons (Fsp3) is 0.667. The van der Waals surface area contributed by atoms with Crippen LogP contribution in [0, 0.1) is 10.8 Å². The van der Waals surface area contributed by atoms with Crippen LogP contribution in [0.15, 0.2) is 30.3 Å². The standard InChI is InChI=1S/C9H12.C9H20/c1-8(2)9-6-4-3-5-7-9;1-8(2,3)7-9(4,5)6/h3-8H,1-2H3;7H2,1-6H3. The van der Waals surface area contributed by atoms with E-state index in [4.69, 9.17) is 0 Å². The molecule has 1 aromatic rings. The molecule has 0 heteroatoms. The van der Waals surface area contributed by atoms with E-state index in [1.165, 1.54) is 12.0 Å². The average Bonchev–Trinajstić information content (AvgIpc) is 2.14. The van der Waals surface area contributed by atoms with E-state index in [-0.39, 0.29) is 0 Å². The second-order valence-corrected chi connectivity index (χ2v) is 7.86. The molecular formula is C18H32. The van der Waals surface area contributed by atoms with Gasteiger partial charge in [-0.15, -0.1) is 0 Å². The molecule has 0 N–H and O–H groups in total. The molecule has 1 rings (SSSR count). The summed E-state index contributed by atoms with van der Waals surface area (Å²) in [7, 11) is 0. The summed E-state index contributed by atoms with van der Waals surface area (Å²) in [5.74, 6) is 0.659. The highest BCUT2D eigenvalue weighted by molar-refractivity contribution is 5.17. The molecule has 0 spiro atoms. The molecule has 0 nitrogen and oxygen atoms in total. The minimum absolute atomic E-state index is 0.484. The molecule has 0 radical (unpaired) electrons. The summed E-state index contributed by atoms with van der Waals surface area (Å²) >= 11 is 0. The second kappa shape index (κ2) is 6.97. The first-order chi connectivity index (χ1) is 8.01. The van der Waals surface area contributed by atoms with Crippen molar-refractivity contribution in [1.29, 1.82) is 0 Å². The Morgan fingerprint density at radius 3 is 1.33 bits per heavy atom. The Balaban J connectivity index is 0.000000321. The molecule has 0 aliphatic rings. The van der Waals surface area contributed by atoms with E-state index in [0.717, 1.165) is 0 Å². The lowest BCUT2D eigenvalue weighted by Gasteiger charge is -2.28. The molecule has 0 amide bonds. The Bertz CT molecular complexity index is 294. The lowest BCUT2D eigenvalue weighted by atomic mass is 9.78. The van der Waals surface area contributed by atoms with Crippen LogP contribution in [0.25, 0.3) is 0 Å². The summed E-state index contributed by atoms with van der Waals surface area (Å²) in [6, 6.07) is 10.5. The highest BCUT2D eigenvalue weighted by atomic mass is 14.3. The maximum Gasteiger partial charge on any atom is -0.0219 e. The number of rotatable bonds is 1. The van der Waals surface area contributed by atoms with Gasteiger partial charge in [-0.05, 0) is 28.7 Å². The SMILES string of the molecule is CC(C)(C)CC(C)(C)C.CC(C)c1ccccc1. The van der Waals surface area contributed by atoms with Gasteiger partial charge in [-0.3, -0.25) is 0 Å². The maximum absolute atomic E-state index is 2.29. The summed E-state index contributed by atoms with van der Waals surface area (Å²) in [4.78, 5) is 0. The number of benzene rings is 1. The predicted octanol–water partition coefficient (Wildman–Crippen LogP) is 6.28. The van der Waals surface area contributed by atoms with Gasteiger partial charge in [-0.1, -0.05) is 85.7 Å². The lowest BCUT2D eigenvalue weighted by Crippen LogP contribution is -2.16. The summed E-state index contributed by atoms with van der Waals surface area (Å²) in [5.41, 5.74) is 2.38. The van der Waals surface area contributed by atoms with Gasteiger partial charge in [0.05, 0.1) is 0 Å². The zero-order chi connectivity index (χ0) is 14.4. The Morgan fingerprint density at radius 1 is 0.778 bits per heavy atom. The smallest absolute Gasteiger partial charge is 0.0219 e. The molecule has 0 aliphatic heterocycles. The first-order valence-electron chi connectivity index (χ1n) is 7.06. The molecule has 0 fully saturated rings. The first kappa shape index (κ1) is 17.2. The second-order valence-electron chi connectivity index (χ2n) is 7.86. The van der Waals surface area contributed by atoms with Crippen LogP contribution >= 0.6 is 0 Å². The Labute approximate surface area is 115 Å². The number of hydrogen-bond donors (Lipinski definition) is 0. The van der Waals surface area contributed by atoms with Gasteiger partial charge in [-0.25, -0.2) is 0 Å². The van der Waals surface area contributed by atoms with Gasteiger partial charge in [-0.2, -0.15) is 0 Å². The van der Waals surface area contributed by atoms with Crippen LogP contribution in [0.5, 0.6) is 0 Å². The van der Waals surface area contributed by atoms with E-state index in [9.17, 15) is 0 Å². The van der Waals surface area contributed by atoms with Crippen molar-refractivity contribution in [2.75, 3.05) is 0 Å². The van der Waals surface area contributed by atoms with Gasteiger partial charge in [0.1, 0.15) is 0 Å². The Morgan fingerprint density at radius 2 is 1.17 bits per heavy atom. The predicted molar refractivity (Wildman–Crippen MR) is 84.1 cm³/mol. The van der Waals surface area contributed by atoms with Crippen molar-refractivity contribution in [2.45, 2.75) is 67.7 Å². The average molecular weight is 248 g/mol. The van der Waals surface area contributed by atoms with Crippen molar-refractivity contribution in [3.8, 4) is 0 Å². The monoisotopic (exact) mass is 248 g/mol. The minimum atomic E-state index is 0.484. The molecule has 0 aromatic heterocycles. The van der Waals surface area contributed by atoms with Gasteiger partial charge in [0.2, 0.25) is 0 Å². The van der Waals surface area contributed by atoms with E-state index in [1.54, 1.807) is 0 Å². The van der Waals surface area contributed by atoms with Crippen molar-refractivity contribution in [2.24, 2.45) is 10.8 Å². The maximum atomic E-state index is 2.29. The summed E-state index contributed by atoms with van der Waals surface area (Å²) in [5, 5.41) is 0. The summed E-state index contributed by atoms with van der Waals surface area (Å²) in [6.45, 7) is 18.1. The summed E-state index contributed by atoms with van der Waals surface area (Å²) < 4.78 is 0. The molecule has 104 valence electrons. The lowest BCUT2D eigenvalue weighted by molar-refractivity contribution is 0.233. The van der Waals surface area contributed by atoms with Gasteiger partial charge < -0.3 is 0 Å². The van der Waals surface area contributed by atoms with Crippen LogP contribution in [0.2, 0.25) is 0 Å². The molecule has 0 saturated carbocycles. The summed E-state index contributed by atoms with van der Waals surface area (Å²) in [6.07, 6.45) is 1.29. The van der Waals surface area contributed by atoms with E-state index in [0.29, 0.717) is 16.7 Å². The quantitative estimate of drug-likeness (QED) is 0.548. The molecule has 0 atom stereocenters. The van der Waals surface area contributed by atoms with Crippen molar-refractivity contribution < 1.29 is 0 Å². The van der Waals surface area contributed by atoms with Crippen molar-refractivity contribution in [3.05, 3.63) is 35.9 Å². The van der Waals surface area contributed by atoms with Gasteiger partial charge in [0.25, 0.3) is 0 Å². The Hall–Kier alpha value is -0.780. The van der Waals surface area contributed by atoms with Gasteiger partial charge >= 0.3 is 0 Å². The van der Waals surface area contributed by atoms with E-state index in [2.05, 4.69) is 79.7 Å². The molecule has 0 heterocycles. The topological polar surface area (TPSA) is 0 Å². The third-order valence-electron chi connectivity index (χ3n) is 2.53. The van der Waals surface area contributed by atoms with E-state index < -0.39 is 0 Å². The fourth-order valence-electron chi connectivity index (χ4n) is 2.43. The van der Waals surface area contributed by atoms with Crippen LogP contribution < -0.4 is 0 Å².